The number of rotatable bonds is 5. The summed E-state index contributed by atoms with van der Waals surface area (Å²) < 4.78 is 0. The van der Waals surface area contributed by atoms with E-state index in [0.29, 0.717) is 6.04 Å². The molecule has 0 spiro atoms. The third kappa shape index (κ3) is 3.64. The third-order valence-corrected chi connectivity index (χ3v) is 3.37. The SMILES string of the molecule is CCC(C)CNC(C)c1cc(C)ccc1C. The third-order valence-electron chi connectivity index (χ3n) is 3.37. The van der Waals surface area contributed by atoms with Crippen LogP contribution in [0.3, 0.4) is 0 Å². The maximum atomic E-state index is 3.62. The van der Waals surface area contributed by atoms with Crippen molar-refractivity contribution in [2.24, 2.45) is 5.92 Å². The van der Waals surface area contributed by atoms with Gasteiger partial charge in [-0.25, -0.2) is 0 Å². The summed E-state index contributed by atoms with van der Waals surface area (Å²) >= 11 is 0. The van der Waals surface area contributed by atoms with Crippen LogP contribution < -0.4 is 5.32 Å². The highest BCUT2D eigenvalue weighted by molar-refractivity contribution is 5.32. The van der Waals surface area contributed by atoms with Crippen molar-refractivity contribution in [3.05, 3.63) is 34.9 Å². The Kier molecular flexibility index (Phi) is 5.01. The van der Waals surface area contributed by atoms with Gasteiger partial charge in [-0.05, 0) is 44.4 Å². The monoisotopic (exact) mass is 219 g/mol. The topological polar surface area (TPSA) is 12.0 Å². The van der Waals surface area contributed by atoms with E-state index in [1.807, 2.05) is 0 Å². The average molecular weight is 219 g/mol. The lowest BCUT2D eigenvalue weighted by atomic mass is 9.99. The summed E-state index contributed by atoms with van der Waals surface area (Å²) in [7, 11) is 0. The van der Waals surface area contributed by atoms with Crippen molar-refractivity contribution in [3.63, 3.8) is 0 Å². The molecule has 1 rings (SSSR count). The van der Waals surface area contributed by atoms with Crippen molar-refractivity contribution in [3.8, 4) is 0 Å². The van der Waals surface area contributed by atoms with E-state index < -0.39 is 0 Å². The van der Waals surface area contributed by atoms with E-state index in [4.69, 9.17) is 0 Å². The van der Waals surface area contributed by atoms with Crippen LogP contribution in [0.5, 0.6) is 0 Å². The number of hydrogen-bond donors (Lipinski definition) is 1. The highest BCUT2D eigenvalue weighted by Gasteiger charge is 2.09. The molecule has 0 aromatic heterocycles. The van der Waals surface area contributed by atoms with E-state index in [9.17, 15) is 0 Å². The van der Waals surface area contributed by atoms with Gasteiger partial charge in [0.2, 0.25) is 0 Å². The molecule has 0 radical (unpaired) electrons. The Morgan fingerprint density at radius 2 is 1.88 bits per heavy atom. The molecule has 0 aliphatic carbocycles. The van der Waals surface area contributed by atoms with Crippen molar-refractivity contribution in [2.45, 2.75) is 47.1 Å². The van der Waals surface area contributed by atoms with Crippen molar-refractivity contribution in [2.75, 3.05) is 6.54 Å². The van der Waals surface area contributed by atoms with E-state index in [0.717, 1.165) is 12.5 Å². The van der Waals surface area contributed by atoms with Gasteiger partial charge in [0.1, 0.15) is 0 Å². The molecule has 0 aliphatic rings. The van der Waals surface area contributed by atoms with Crippen LogP contribution in [0, 0.1) is 19.8 Å². The molecule has 2 unspecified atom stereocenters. The second kappa shape index (κ2) is 6.05. The van der Waals surface area contributed by atoms with Gasteiger partial charge < -0.3 is 5.32 Å². The first-order chi connectivity index (χ1) is 7.54. The van der Waals surface area contributed by atoms with Gasteiger partial charge >= 0.3 is 0 Å². The van der Waals surface area contributed by atoms with Gasteiger partial charge in [0.25, 0.3) is 0 Å². The largest absolute Gasteiger partial charge is 0.310 e. The van der Waals surface area contributed by atoms with Crippen LogP contribution in [0.2, 0.25) is 0 Å². The Balaban J connectivity index is 2.65. The first-order valence-electron chi connectivity index (χ1n) is 6.35. The fourth-order valence-electron chi connectivity index (χ4n) is 1.86. The van der Waals surface area contributed by atoms with Gasteiger partial charge in [-0.1, -0.05) is 44.0 Å². The lowest BCUT2D eigenvalue weighted by Gasteiger charge is -2.19. The average Bonchev–Trinajstić information content (AvgIpc) is 2.28. The van der Waals surface area contributed by atoms with E-state index >= 15 is 0 Å². The van der Waals surface area contributed by atoms with Crippen molar-refractivity contribution in [1.82, 2.24) is 5.32 Å². The Bertz CT molecular complexity index is 330. The maximum absolute atomic E-state index is 3.62. The van der Waals surface area contributed by atoms with E-state index in [-0.39, 0.29) is 0 Å². The molecule has 1 nitrogen and oxygen atoms in total. The van der Waals surface area contributed by atoms with Crippen LogP contribution in [0.15, 0.2) is 18.2 Å². The minimum absolute atomic E-state index is 0.453. The molecule has 0 aliphatic heterocycles. The molecule has 1 aromatic rings. The van der Waals surface area contributed by atoms with Gasteiger partial charge in [-0.2, -0.15) is 0 Å². The fraction of sp³-hybridized carbons (Fsp3) is 0.600. The molecule has 1 heteroatoms. The van der Waals surface area contributed by atoms with E-state index in [1.165, 1.54) is 23.1 Å². The number of benzene rings is 1. The quantitative estimate of drug-likeness (QED) is 0.789. The Morgan fingerprint density at radius 1 is 1.19 bits per heavy atom. The minimum atomic E-state index is 0.453. The minimum Gasteiger partial charge on any atom is -0.310 e. The zero-order chi connectivity index (χ0) is 12.1. The summed E-state index contributed by atoms with van der Waals surface area (Å²) in [6, 6.07) is 7.14. The van der Waals surface area contributed by atoms with Gasteiger partial charge in [-0.15, -0.1) is 0 Å². The Morgan fingerprint density at radius 3 is 2.50 bits per heavy atom. The first kappa shape index (κ1) is 13.2. The molecule has 0 amide bonds. The van der Waals surface area contributed by atoms with E-state index in [2.05, 4.69) is 58.1 Å². The van der Waals surface area contributed by atoms with Crippen LogP contribution in [-0.2, 0) is 0 Å². The lowest BCUT2D eigenvalue weighted by Crippen LogP contribution is -2.24. The summed E-state index contributed by atoms with van der Waals surface area (Å²) in [6.07, 6.45) is 1.24. The van der Waals surface area contributed by atoms with Crippen LogP contribution >= 0.6 is 0 Å². The van der Waals surface area contributed by atoms with Crippen LogP contribution in [0.1, 0.15) is 49.9 Å². The fourth-order valence-corrected chi connectivity index (χ4v) is 1.86. The van der Waals surface area contributed by atoms with Crippen LogP contribution in [-0.4, -0.2) is 6.54 Å². The second-order valence-electron chi connectivity index (χ2n) is 5.00. The van der Waals surface area contributed by atoms with Crippen molar-refractivity contribution >= 4 is 0 Å². The van der Waals surface area contributed by atoms with Crippen molar-refractivity contribution < 1.29 is 0 Å². The molecule has 1 aromatic carbocycles. The molecule has 0 saturated carbocycles. The highest BCUT2D eigenvalue weighted by atomic mass is 14.9. The van der Waals surface area contributed by atoms with Crippen molar-refractivity contribution in [1.29, 1.82) is 0 Å². The summed E-state index contributed by atoms with van der Waals surface area (Å²) in [5, 5.41) is 3.62. The number of nitrogens with one attached hydrogen (secondary N) is 1. The summed E-state index contributed by atoms with van der Waals surface area (Å²) in [6.45, 7) is 12.2. The molecule has 90 valence electrons. The normalized spacial score (nSPS) is 14.8. The van der Waals surface area contributed by atoms with Gasteiger partial charge in [-0.3, -0.25) is 0 Å². The first-order valence-corrected chi connectivity index (χ1v) is 6.35. The van der Waals surface area contributed by atoms with Crippen LogP contribution in [0.25, 0.3) is 0 Å². The standard InChI is InChI=1S/C15H25N/c1-6-11(2)10-16-14(5)15-9-12(3)7-8-13(15)4/h7-9,11,14,16H,6,10H2,1-5H3. The zero-order valence-corrected chi connectivity index (χ0v) is 11.3. The molecule has 0 fully saturated rings. The van der Waals surface area contributed by atoms with Gasteiger partial charge in [0.15, 0.2) is 0 Å². The molecule has 0 heterocycles. The summed E-state index contributed by atoms with van der Waals surface area (Å²) in [4.78, 5) is 0. The van der Waals surface area contributed by atoms with Gasteiger partial charge in [0, 0.05) is 6.04 Å². The molecule has 0 saturated heterocycles. The van der Waals surface area contributed by atoms with E-state index in [1.54, 1.807) is 0 Å². The van der Waals surface area contributed by atoms with Gasteiger partial charge in [0.05, 0.1) is 0 Å². The molecule has 0 bridgehead atoms. The number of aryl methyl sites for hydroxylation is 2. The molecular weight excluding hydrogens is 194 g/mol. The highest BCUT2D eigenvalue weighted by Crippen LogP contribution is 2.19. The Labute approximate surface area is 100 Å². The maximum Gasteiger partial charge on any atom is 0.0294 e. The number of hydrogen-bond acceptors (Lipinski definition) is 1. The molecule has 2 atom stereocenters. The summed E-state index contributed by atoms with van der Waals surface area (Å²) in [5.74, 6) is 0.757. The molecule has 1 N–H and O–H groups in total. The second-order valence-corrected chi connectivity index (χ2v) is 5.00. The summed E-state index contributed by atoms with van der Waals surface area (Å²) in [5.41, 5.74) is 4.16. The smallest absolute Gasteiger partial charge is 0.0294 e. The molecule has 16 heavy (non-hydrogen) atoms. The molecular formula is C15H25N. The Hall–Kier alpha value is -0.820. The van der Waals surface area contributed by atoms with Crippen LogP contribution in [0.4, 0.5) is 0 Å². The zero-order valence-electron chi connectivity index (χ0n) is 11.3. The predicted octanol–water partition coefficient (Wildman–Crippen LogP) is 4.00. The lowest BCUT2D eigenvalue weighted by molar-refractivity contribution is 0.460. The predicted molar refractivity (Wildman–Crippen MR) is 71.8 cm³/mol.